The molecule has 2 aliphatic heterocycles. The quantitative estimate of drug-likeness (QED) is 0.0873. The number of allylic oxidation sites excluding steroid dienone is 2. The molecule has 5 aliphatic carbocycles. The number of ether oxygens (including phenoxy) is 1. The van der Waals surface area contributed by atoms with Crippen LogP contribution in [0, 0.1) is 52.8 Å². The number of aromatic hydroxyl groups is 1. The zero-order valence-electron chi connectivity index (χ0n) is 41.7. The summed E-state index contributed by atoms with van der Waals surface area (Å²) in [5, 5.41) is 49.4. The first-order chi connectivity index (χ1) is 34.0. The highest BCUT2D eigenvalue weighted by Gasteiger charge is 2.58. The minimum atomic E-state index is -1.19. The normalized spacial score (nSPS) is 32.6. The Hall–Kier alpha value is -4.66. The molecule has 10 rings (SSSR count). The number of fused-ring (bicyclic) bond motifs is 6. The van der Waals surface area contributed by atoms with Crippen LogP contribution in [0.15, 0.2) is 78.1 Å². The first-order valence-electron chi connectivity index (χ1n) is 27.2. The number of ketones is 2. The van der Waals surface area contributed by atoms with Crippen molar-refractivity contribution in [1.82, 2.24) is 16.0 Å². The standard InChI is InChI=1S/C60H78N4O6/c1-3-62-36-44-28-51-47-17-16-46(66)33-53(47)64-60(22-7-4-8-23-60)52(51)34-49(44)42-20-25-59(57(69)30-42)24-19-38(50-35-54(67)55(70-2)29-41(50)14-18-56(59)68)13-15-45(65)32-48(43-21-26-63-58(61)31-43)40-12-11-37-9-5-6-10-39(37)27-40/h5-6,9-12,21,27,29,31,35,38,42,44-45,47-49,51-53,57,62-65,67,69H,3-4,7-8,13-18,20,22-23,25-26,28,30,32-34,36,61H2,1-2H3. The van der Waals surface area contributed by atoms with Gasteiger partial charge in [-0.3, -0.25) is 9.59 Å². The maximum atomic E-state index is 14.8. The van der Waals surface area contributed by atoms with Gasteiger partial charge in [0.05, 0.1) is 25.1 Å². The molecule has 2 heterocycles. The SMILES string of the molecule is CCNCC1CC2C3CCC(=O)CC3NC3(CCCCC3)C2CC1C1CCC2(C#CC(CCC(O)CC(C3=CCNC(N)=C3)c3ccc4ccccc4c3)c3cc(O)c(OC)cc3CCC2=O)C(O)C1. The molecule has 4 saturated carbocycles. The Morgan fingerprint density at radius 1 is 0.943 bits per heavy atom. The average molecular weight is 951 g/mol. The van der Waals surface area contributed by atoms with Crippen molar-refractivity contribution in [2.75, 3.05) is 26.7 Å². The van der Waals surface area contributed by atoms with Crippen molar-refractivity contribution in [3.8, 4) is 23.3 Å². The number of dihydropyridines is 1. The van der Waals surface area contributed by atoms with Crippen LogP contribution in [-0.2, 0) is 16.0 Å². The largest absolute Gasteiger partial charge is 0.504 e. The number of hydrogen-bond acceptors (Lipinski definition) is 10. The second kappa shape index (κ2) is 20.8. The van der Waals surface area contributed by atoms with Gasteiger partial charge in [0.25, 0.3) is 0 Å². The highest BCUT2D eigenvalue weighted by molar-refractivity contribution is 5.89. The van der Waals surface area contributed by atoms with Crippen LogP contribution < -0.4 is 26.4 Å². The van der Waals surface area contributed by atoms with E-state index in [1.54, 1.807) is 6.07 Å². The number of aliphatic hydroxyl groups is 2. The lowest BCUT2D eigenvalue weighted by atomic mass is 9.49. The molecule has 0 aromatic heterocycles. The van der Waals surface area contributed by atoms with Crippen LogP contribution in [0.5, 0.6) is 11.5 Å². The number of nitrogens with one attached hydrogen (secondary N) is 3. The monoisotopic (exact) mass is 951 g/mol. The van der Waals surface area contributed by atoms with E-state index in [0.717, 1.165) is 65.4 Å². The minimum absolute atomic E-state index is 0.00568. The Kier molecular flexibility index (Phi) is 14.6. The predicted octanol–water partition coefficient (Wildman–Crippen LogP) is 8.86. The van der Waals surface area contributed by atoms with Crippen LogP contribution in [0.3, 0.4) is 0 Å². The number of phenols is 1. The molecule has 374 valence electrons. The van der Waals surface area contributed by atoms with Crippen LogP contribution in [0.2, 0.25) is 0 Å². The fourth-order valence-corrected chi connectivity index (χ4v) is 15.4. The van der Waals surface area contributed by atoms with Gasteiger partial charge >= 0.3 is 0 Å². The second-order valence-electron chi connectivity index (χ2n) is 22.7. The number of Topliss-reactive ketones (excluding diaryl/α,β-unsaturated/α-hetero) is 2. The van der Waals surface area contributed by atoms with Gasteiger partial charge in [0.1, 0.15) is 11.2 Å². The van der Waals surface area contributed by atoms with Crippen LogP contribution >= 0.6 is 0 Å². The highest BCUT2D eigenvalue weighted by atomic mass is 16.5. The second-order valence-corrected chi connectivity index (χ2v) is 22.7. The summed E-state index contributed by atoms with van der Waals surface area (Å²) in [4.78, 5) is 27.7. The fourth-order valence-electron chi connectivity index (χ4n) is 15.4. The number of carbonyl (C=O) groups excluding carboxylic acids is 2. The molecule has 70 heavy (non-hydrogen) atoms. The van der Waals surface area contributed by atoms with E-state index in [-0.39, 0.29) is 35.3 Å². The molecule has 1 saturated heterocycles. The summed E-state index contributed by atoms with van der Waals surface area (Å²) in [5.74, 6) is 10.9. The fraction of sp³-hybridized carbons (Fsp3) is 0.600. The van der Waals surface area contributed by atoms with Gasteiger partial charge in [-0.25, -0.2) is 0 Å². The number of rotatable bonds is 12. The first kappa shape index (κ1) is 48.9. The Bertz CT molecular complexity index is 2540. The third-order valence-corrected chi connectivity index (χ3v) is 18.9. The van der Waals surface area contributed by atoms with Crippen molar-refractivity contribution >= 4 is 22.3 Å². The number of piperidine rings is 1. The third kappa shape index (κ3) is 9.70. The van der Waals surface area contributed by atoms with Crippen LogP contribution in [0.1, 0.15) is 145 Å². The molecule has 0 radical (unpaired) electrons. The van der Waals surface area contributed by atoms with Gasteiger partial charge in [0.2, 0.25) is 0 Å². The maximum Gasteiger partial charge on any atom is 0.160 e. The van der Waals surface area contributed by atoms with E-state index in [1.807, 2.05) is 24.3 Å². The predicted molar refractivity (Wildman–Crippen MR) is 276 cm³/mol. The summed E-state index contributed by atoms with van der Waals surface area (Å²) in [6.45, 7) is 4.69. The summed E-state index contributed by atoms with van der Waals surface area (Å²) in [6.07, 6.45) is 17.4. The highest BCUT2D eigenvalue weighted by Crippen LogP contribution is 2.59. The molecule has 12 unspecified atom stereocenters. The number of aryl methyl sites for hydroxylation is 1. The van der Waals surface area contributed by atoms with Gasteiger partial charge in [-0.05, 0) is 177 Å². The van der Waals surface area contributed by atoms with Crippen molar-refractivity contribution in [2.24, 2.45) is 46.7 Å². The van der Waals surface area contributed by atoms with Gasteiger partial charge < -0.3 is 41.7 Å². The first-order valence-corrected chi connectivity index (χ1v) is 27.2. The van der Waals surface area contributed by atoms with Crippen LogP contribution in [0.4, 0.5) is 0 Å². The summed E-state index contributed by atoms with van der Waals surface area (Å²) in [7, 11) is 1.54. The summed E-state index contributed by atoms with van der Waals surface area (Å²) >= 11 is 0. The van der Waals surface area contributed by atoms with Gasteiger partial charge in [-0.15, -0.1) is 0 Å². The van der Waals surface area contributed by atoms with Crippen LogP contribution in [0.25, 0.3) is 10.8 Å². The molecule has 0 bridgehead atoms. The van der Waals surface area contributed by atoms with E-state index in [9.17, 15) is 24.9 Å². The summed E-state index contributed by atoms with van der Waals surface area (Å²) < 4.78 is 5.59. The van der Waals surface area contributed by atoms with Crippen molar-refractivity contribution < 1.29 is 29.6 Å². The van der Waals surface area contributed by atoms with E-state index in [1.165, 1.54) is 45.6 Å². The molecule has 3 aromatic rings. The number of aliphatic hydroxyl groups excluding tert-OH is 2. The Morgan fingerprint density at radius 2 is 1.77 bits per heavy atom. The molecule has 5 fully saturated rings. The molecule has 0 amide bonds. The molecular weight excluding hydrogens is 873 g/mol. The lowest BCUT2D eigenvalue weighted by molar-refractivity contribution is -0.137. The van der Waals surface area contributed by atoms with E-state index in [2.05, 4.69) is 71.1 Å². The smallest absolute Gasteiger partial charge is 0.160 e. The maximum absolute atomic E-state index is 14.8. The van der Waals surface area contributed by atoms with Gasteiger partial charge in [-0.2, -0.15) is 0 Å². The number of carbonyl (C=O) groups is 2. The molecule has 7 aliphatic rings. The minimum Gasteiger partial charge on any atom is -0.504 e. The molecule has 8 N–H and O–H groups in total. The molecular formula is C60H78N4O6. The van der Waals surface area contributed by atoms with Crippen molar-refractivity contribution in [2.45, 2.75) is 158 Å². The van der Waals surface area contributed by atoms with Gasteiger partial charge in [0, 0.05) is 49.2 Å². The number of hydrogen-bond donors (Lipinski definition) is 7. The number of nitrogens with two attached hydrogens (primary N) is 1. The van der Waals surface area contributed by atoms with Gasteiger partial charge in [-0.1, -0.05) is 86.6 Å². The molecule has 3 aromatic carbocycles. The van der Waals surface area contributed by atoms with Crippen LogP contribution in [-0.4, -0.2) is 77.4 Å². The number of benzene rings is 3. The van der Waals surface area contributed by atoms with E-state index in [0.29, 0.717) is 111 Å². The van der Waals surface area contributed by atoms with Gasteiger partial charge in [0.15, 0.2) is 17.3 Å². The molecule has 10 heteroatoms. The van der Waals surface area contributed by atoms with Crippen molar-refractivity contribution in [3.63, 3.8) is 0 Å². The Morgan fingerprint density at radius 3 is 2.56 bits per heavy atom. The summed E-state index contributed by atoms with van der Waals surface area (Å²) in [6, 6.07) is 18.7. The average Bonchev–Trinajstić information content (AvgIpc) is 3.41. The van der Waals surface area contributed by atoms with E-state index < -0.39 is 23.5 Å². The summed E-state index contributed by atoms with van der Waals surface area (Å²) in [5.41, 5.74) is 9.13. The third-order valence-electron chi connectivity index (χ3n) is 18.9. The molecule has 12 atom stereocenters. The van der Waals surface area contributed by atoms with Crippen molar-refractivity contribution in [3.05, 3.63) is 94.8 Å². The Balaban J connectivity index is 0.915. The Labute approximate surface area is 416 Å². The lowest BCUT2D eigenvalue weighted by Crippen LogP contribution is -2.69. The number of methoxy groups -OCH3 is 1. The van der Waals surface area contributed by atoms with E-state index >= 15 is 0 Å². The lowest BCUT2D eigenvalue weighted by Gasteiger charge is -2.62. The molecule has 10 nitrogen and oxygen atoms in total. The zero-order valence-corrected chi connectivity index (χ0v) is 41.7. The molecule has 2 spiro atoms. The van der Waals surface area contributed by atoms with Crippen molar-refractivity contribution in [1.29, 1.82) is 0 Å². The topological polar surface area (TPSA) is 166 Å². The van der Waals surface area contributed by atoms with E-state index in [4.69, 9.17) is 10.5 Å². The number of phenolic OH excluding ortho intramolecular Hbond substituents is 1. The zero-order chi connectivity index (χ0) is 48.6.